The number of benzene rings is 1. The molecule has 0 unspecified atom stereocenters. The van der Waals surface area contributed by atoms with E-state index in [0.717, 1.165) is 38.5 Å². The summed E-state index contributed by atoms with van der Waals surface area (Å²) in [6.07, 6.45) is 0.832. The molecule has 2 rings (SSSR count). The number of halogens is 1. The van der Waals surface area contributed by atoms with Gasteiger partial charge in [-0.2, -0.15) is 0 Å². The summed E-state index contributed by atoms with van der Waals surface area (Å²) in [7, 11) is 1.65. The third kappa shape index (κ3) is 6.33. The lowest BCUT2D eigenvalue weighted by Gasteiger charge is -2.25. The highest BCUT2D eigenvalue weighted by Crippen LogP contribution is 2.11. The van der Waals surface area contributed by atoms with E-state index >= 15 is 0 Å². The SMILES string of the molecule is COc1ccc(CCNC(=O)CN2CCOCC2)cc1.Cl. The van der Waals surface area contributed by atoms with Gasteiger partial charge in [0.25, 0.3) is 0 Å². The first-order valence-electron chi connectivity index (χ1n) is 6.97. The predicted molar refractivity (Wildman–Crippen MR) is 84.2 cm³/mol. The molecule has 1 aromatic carbocycles. The van der Waals surface area contributed by atoms with Crippen LogP contribution in [-0.2, 0) is 16.0 Å². The third-order valence-corrected chi connectivity index (χ3v) is 3.37. The van der Waals surface area contributed by atoms with Gasteiger partial charge in [-0.15, -0.1) is 12.4 Å². The van der Waals surface area contributed by atoms with E-state index in [1.807, 2.05) is 24.3 Å². The van der Waals surface area contributed by atoms with Crippen LogP contribution in [0.1, 0.15) is 5.56 Å². The summed E-state index contributed by atoms with van der Waals surface area (Å²) in [5.41, 5.74) is 1.19. The lowest BCUT2D eigenvalue weighted by Crippen LogP contribution is -2.43. The van der Waals surface area contributed by atoms with Crippen LogP contribution >= 0.6 is 12.4 Å². The molecule has 118 valence electrons. The fourth-order valence-electron chi connectivity index (χ4n) is 2.16. The summed E-state index contributed by atoms with van der Waals surface area (Å²) in [5.74, 6) is 0.936. The third-order valence-electron chi connectivity index (χ3n) is 3.37. The molecule has 1 heterocycles. The Bertz CT molecular complexity index is 419. The molecule has 1 aliphatic rings. The Labute approximate surface area is 132 Å². The molecule has 6 heteroatoms. The second-order valence-corrected chi connectivity index (χ2v) is 4.84. The number of amides is 1. The minimum atomic E-state index is 0. The lowest BCUT2D eigenvalue weighted by molar-refractivity contribution is -0.123. The van der Waals surface area contributed by atoms with Crippen molar-refractivity contribution < 1.29 is 14.3 Å². The average molecular weight is 315 g/mol. The number of nitrogens with zero attached hydrogens (tertiary/aromatic N) is 1. The molecule has 0 aliphatic carbocycles. The average Bonchev–Trinajstić information content (AvgIpc) is 2.49. The highest BCUT2D eigenvalue weighted by molar-refractivity contribution is 5.85. The minimum absolute atomic E-state index is 0. The zero-order valence-corrected chi connectivity index (χ0v) is 13.2. The van der Waals surface area contributed by atoms with Gasteiger partial charge in [-0.05, 0) is 24.1 Å². The molecule has 1 aromatic rings. The molecule has 0 spiro atoms. The van der Waals surface area contributed by atoms with Crippen molar-refractivity contribution in [2.24, 2.45) is 0 Å². The standard InChI is InChI=1S/C15H22N2O3.ClH/c1-19-14-4-2-13(3-5-14)6-7-16-15(18)12-17-8-10-20-11-9-17;/h2-5H,6-12H2,1H3,(H,16,18);1H. The van der Waals surface area contributed by atoms with E-state index in [2.05, 4.69) is 10.2 Å². The first-order valence-corrected chi connectivity index (χ1v) is 6.97. The molecule has 1 aliphatic heterocycles. The van der Waals surface area contributed by atoms with E-state index < -0.39 is 0 Å². The molecule has 0 bridgehead atoms. The summed E-state index contributed by atoms with van der Waals surface area (Å²) in [4.78, 5) is 13.9. The Morgan fingerprint density at radius 2 is 1.95 bits per heavy atom. The second kappa shape index (κ2) is 9.60. The zero-order valence-electron chi connectivity index (χ0n) is 12.3. The summed E-state index contributed by atoms with van der Waals surface area (Å²) in [6, 6.07) is 7.91. The van der Waals surface area contributed by atoms with Gasteiger partial charge in [0, 0.05) is 19.6 Å². The Kier molecular flexibility index (Phi) is 8.12. The normalized spacial score (nSPS) is 15.1. The fourth-order valence-corrected chi connectivity index (χ4v) is 2.16. The van der Waals surface area contributed by atoms with Gasteiger partial charge in [-0.3, -0.25) is 9.69 Å². The maximum Gasteiger partial charge on any atom is 0.234 e. The van der Waals surface area contributed by atoms with Gasteiger partial charge < -0.3 is 14.8 Å². The maximum absolute atomic E-state index is 11.8. The summed E-state index contributed by atoms with van der Waals surface area (Å²) >= 11 is 0. The summed E-state index contributed by atoms with van der Waals surface area (Å²) in [5, 5.41) is 2.95. The van der Waals surface area contributed by atoms with Crippen LogP contribution in [0.5, 0.6) is 5.75 Å². The van der Waals surface area contributed by atoms with Crippen LogP contribution in [0.2, 0.25) is 0 Å². The molecular formula is C15H23ClN2O3. The molecule has 1 amide bonds. The number of hydrogen-bond acceptors (Lipinski definition) is 4. The molecule has 1 saturated heterocycles. The van der Waals surface area contributed by atoms with Crippen LogP contribution in [0.3, 0.4) is 0 Å². The number of morpholine rings is 1. The van der Waals surface area contributed by atoms with Gasteiger partial charge in [0.15, 0.2) is 0 Å². The van der Waals surface area contributed by atoms with Gasteiger partial charge in [-0.25, -0.2) is 0 Å². The van der Waals surface area contributed by atoms with Crippen LogP contribution < -0.4 is 10.1 Å². The molecular weight excluding hydrogens is 292 g/mol. The minimum Gasteiger partial charge on any atom is -0.497 e. The number of methoxy groups -OCH3 is 1. The number of rotatable bonds is 6. The van der Waals surface area contributed by atoms with Crippen molar-refractivity contribution >= 4 is 18.3 Å². The largest absolute Gasteiger partial charge is 0.497 e. The topological polar surface area (TPSA) is 50.8 Å². The molecule has 0 saturated carbocycles. The number of carbonyl (C=O) groups is 1. The van der Waals surface area contributed by atoms with Crippen LogP contribution in [0.4, 0.5) is 0 Å². The molecule has 1 fully saturated rings. The monoisotopic (exact) mass is 314 g/mol. The lowest BCUT2D eigenvalue weighted by atomic mass is 10.1. The first-order chi connectivity index (χ1) is 9.78. The van der Waals surface area contributed by atoms with Gasteiger partial charge in [0.1, 0.15) is 5.75 Å². The Hall–Kier alpha value is -1.30. The van der Waals surface area contributed by atoms with Crippen molar-refractivity contribution in [2.45, 2.75) is 6.42 Å². The van der Waals surface area contributed by atoms with E-state index in [0.29, 0.717) is 13.1 Å². The van der Waals surface area contributed by atoms with Crippen molar-refractivity contribution in [3.63, 3.8) is 0 Å². The molecule has 5 nitrogen and oxygen atoms in total. The number of nitrogens with one attached hydrogen (secondary N) is 1. The highest BCUT2D eigenvalue weighted by Gasteiger charge is 2.13. The van der Waals surface area contributed by atoms with E-state index in [4.69, 9.17) is 9.47 Å². The van der Waals surface area contributed by atoms with Crippen LogP contribution in [0, 0.1) is 0 Å². The van der Waals surface area contributed by atoms with Crippen LogP contribution in [0.15, 0.2) is 24.3 Å². The molecule has 21 heavy (non-hydrogen) atoms. The first kappa shape index (κ1) is 17.8. The molecule has 0 radical (unpaired) electrons. The smallest absolute Gasteiger partial charge is 0.234 e. The second-order valence-electron chi connectivity index (χ2n) is 4.84. The molecule has 1 N–H and O–H groups in total. The zero-order chi connectivity index (χ0) is 14.2. The highest BCUT2D eigenvalue weighted by atomic mass is 35.5. The predicted octanol–water partition coefficient (Wildman–Crippen LogP) is 1.11. The molecule has 0 atom stereocenters. The quantitative estimate of drug-likeness (QED) is 0.854. The van der Waals surface area contributed by atoms with Crippen molar-refractivity contribution in [3.8, 4) is 5.75 Å². The van der Waals surface area contributed by atoms with Crippen molar-refractivity contribution in [1.29, 1.82) is 0 Å². The number of carbonyl (C=O) groups excluding carboxylic acids is 1. The number of hydrogen-bond donors (Lipinski definition) is 1. The summed E-state index contributed by atoms with van der Waals surface area (Å²) < 4.78 is 10.4. The Balaban J connectivity index is 0.00000220. The number of ether oxygens (including phenoxy) is 2. The van der Waals surface area contributed by atoms with Crippen molar-refractivity contribution in [3.05, 3.63) is 29.8 Å². The van der Waals surface area contributed by atoms with Crippen molar-refractivity contribution in [2.75, 3.05) is 46.5 Å². The van der Waals surface area contributed by atoms with Gasteiger partial charge in [-0.1, -0.05) is 12.1 Å². The Morgan fingerprint density at radius 3 is 2.57 bits per heavy atom. The maximum atomic E-state index is 11.8. The van der Waals surface area contributed by atoms with Crippen LogP contribution in [-0.4, -0.2) is 57.3 Å². The fraction of sp³-hybridized carbons (Fsp3) is 0.533. The van der Waals surface area contributed by atoms with E-state index in [9.17, 15) is 4.79 Å². The summed E-state index contributed by atoms with van der Waals surface area (Å²) in [6.45, 7) is 4.25. The van der Waals surface area contributed by atoms with E-state index in [-0.39, 0.29) is 18.3 Å². The Morgan fingerprint density at radius 1 is 1.29 bits per heavy atom. The van der Waals surface area contributed by atoms with Crippen LogP contribution in [0.25, 0.3) is 0 Å². The van der Waals surface area contributed by atoms with Gasteiger partial charge in [0.2, 0.25) is 5.91 Å². The van der Waals surface area contributed by atoms with Crippen molar-refractivity contribution in [1.82, 2.24) is 10.2 Å². The molecule has 0 aromatic heterocycles. The van der Waals surface area contributed by atoms with E-state index in [1.165, 1.54) is 5.56 Å². The van der Waals surface area contributed by atoms with Gasteiger partial charge >= 0.3 is 0 Å². The van der Waals surface area contributed by atoms with Gasteiger partial charge in [0.05, 0.1) is 26.9 Å². The van der Waals surface area contributed by atoms with E-state index in [1.54, 1.807) is 7.11 Å².